The summed E-state index contributed by atoms with van der Waals surface area (Å²) in [5.41, 5.74) is 5.95. The van der Waals surface area contributed by atoms with Crippen molar-refractivity contribution in [2.75, 3.05) is 6.61 Å². The van der Waals surface area contributed by atoms with Gasteiger partial charge >= 0.3 is 0 Å². The van der Waals surface area contributed by atoms with Crippen LogP contribution in [0.3, 0.4) is 0 Å². The van der Waals surface area contributed by atoms with Gasteiger partial charge in [-0.15, -0.1) is 0 Å². The zero-order valence-corrected chi connectivity index (χ0v) is 13.3. The maximum absolute atomic E-state index is 12.1. The number of hydrogen-bond acceptors (Lipinski definition) is 3. The van der Waals surface area contributed by atoms with Gasteiger partial charge in [-0.25, -0.2) is 0 Å². The fourth-order valence-electron chi connectivity index (χ4n) is 2.19. The summed E-state index contributed by atoms with van der Waals surface area (Å²) in [5, 5.41) is 1.18. The molecule has 0 spiro atoms. The third-order valence-corrected chi connectivity index (χ3v) is 3.66. The maximum atomic E-state index is 12.1. The molecule has 0 fully saturated rings. The minimum Gasteiger partial charge on any atom is -0.482 e. The maximum Gasteiger partial charge on any atom is 0.276 e. The number of benzene rings is 2. The molecule has 24 heavy (non-hydrogen) atoms. The number of aromatic nitrogens is 1. The average molecular weight is 344 g/mol. The molecule has 3 rings (SSSR count). The zero-order chi connectivity index (χ0) is 16.9. The summed E-state index contributed by atoms with van der Waals surface area (Å²) < 4.78 is 5.29. The first-order chi connectivity index (χ1) is 11.6. The lowest BCUT2D eigenvalue weighted by atomic mass is 10.2. The standard InChI is InChI=1S/C17H14ClN3O3/c18-13-6-2-4-8-15(13)24-10-16(22)20-21-17(23)12-9-19-14-7-3-1-5-11(12)14/h1-9,19H,10H2,(H,20,22)(H,21,23). The van der Waals surface area contributed by atoms with Gasteiger partial charge in [0.2, 0.25) is 0 Å². The predicted octanol–water partition coefficient (Wildman–Crippen LogP) is 2.66. The van der Waals surface area contributed by atoms with E-state index in [-0.39, 0.29) is 6.61 Å². The molecule has 3 N–H and O–H groups in total. The summed E-state index contributed by atoms with van der Waals surface area (Å²) in [7, 11) is 0. The van der Waals surface area contributed by atoms with Crippen LogP contribution in [0.25, 0.3) is 10.9 Å². The fraction of sp³-hybridized carbons (Fsp3) is 0.0588. The third kappa shape index (κ3) is 3.49. The highest BCUT2D eigenvalue weighted by molar-refractivity contribution is 6.32. The molecule has 6 nitrogen and oxygen atoms in total. The highest BCUT2D eigenvalue weighted by Gasteiger charge is 2.12. The molecule has 3 aromatic rings. The van der Waals surface area contributed by atoms with Crippen molar-refractivity contribution < 1.29 is 14.3 Å². The van der Waals surface area contributed by atoms with E-state index in [1.807, 2.05) is 24.3 Å². The van der Waals surface area contributed by atoms with Crippen LogP contribution in [0.2, 0.25) is 5.02 Å². The van der Waals surface area contributed by atoms with Crippen LogP contribution >= 0.6 is 11.6 Å². The Morgan fingerprint density at radius 2 is 1.79 bits per heavy atom. The highest BCUT2D eigenvalue weighted by Crippen LogP contribution is 2.22. The molecule has 1 aromatic heterocycles. The van der Waals surface area contributed by atoms with Gasteiger partial charge in [0.15, 0.2) is 6.61 Å². The quantitative estimate of drug-likeness (QED) is 0.637. The first-order valence-electron chi connectivity index (χ1n) is 7.18. The second-order valence-corrected chi connectivity index (χ2v) is 5.38. The third-order valence-electron chi connectivity index (χ3n) is 3.34. The summed E-state index contributed by atoms with van der Waals surface area (Å²) >= 11 is 5.93. The second kappa shape index (κ2) is 7.06. The molecule has 2 amide bonds. The number of carbonyl (C=O) groups is 2. The van der Waals surface area contributed by atoms with Crippen LogP contribution in [-0.4, -0.2) is 23.4 Å². The Morgan fingerprint density at radius 1 is 1.04 bits per heavy atom. The van der Waals surface area contributed by atoms with Gasteiger partial charge < -0.3 is 9.72 Å². The van der Waals surface area contributed by atoms with Crippen molar-refractivity contribution in [2.24, 2.45) is 0 Å². The Bertz CT molecular complexity index is 891. The number of ether oxygens (including phenoxy) is 1. The number of nitrogens with one attached hydrogen (secondary N) is 3. The van der Waals surface area contributed by atoms with Gasteiger partial charge in [0, 0.05) is 17.1 Å². The molecule has 0 aliphatic carbocycles. The number of carbonyl (C=O) groups excluding carboxylic acids is 2. The molecule has 122 valence electrons. The molecule has 0 atom stereocenters. The SMILES string of the molecule is O=C(COc1ccccc1Cl)NNC(=O)c1c[nH]c2ccccc12. The molecular weight excluding hydrogens is 330 g/mol. The smallest absolute Gasteiger partial charge is 0.276 e. The normalized spacial score (nSPS) is 10.4. The van der Waals surface area contributed by atoms with E-state index in [2.05, 4.69) is 15.8 Å². The molecule has 0 bridgehead atoms. The average Bonchev–Trinajstić information content (AvgIpc) is 3.03. The molecular formula is C17H14ClN3O3. The van der Waals surface area contributed by atoms with Crippen molar-refractivity contribution >= 4 is 34.3 Å². The van der Waals surface area contributed by atoms with E-state index in [0.717, 1.165) is 10.9 Å². The van der Waals surface area contributed by atoms with E-state index in [1.54, 1.807) is 30.5 Å². The van der Waals surface area contributed by atoms with Crippen molar-refractivity contribution in [1.82, 2.24) is 15.8 Å². The fourth-order valence-corrected chi connectivity index (χ4v) is 2.38. The van der Waals surface area contributed by atoms with Gasteiger partial charge in [-0.1, -0.05) is 41.9 Å². The first-order valence-corrected chi connectivity index (χ1v) is 7.55. The van der Waals surface area contributed by atoms with Gasteiger partial charge in [-0.05, 0) is 18.2 Å². The molecule has 0 saturated heterocycles. The number of hydrazine groups is 1. The lowest BCUT2D eigenvalue weighted by Gasteiger charge is -2.09. The van der Waals surface area contributed by atoms with Crippen molar-refractivity contribution in [3.05, 3.63) is 65.3 Å². The van der Waals surface area contributed by atoms with E-state index in [0.29, 0.717) is 16.3 Å². The molecule has 0 aliphatic rings. The summed E-state index contributed by atoms with van der Waals surface area (Å²) in [6.45, 7) is -0.266. The first kappa shape index (κ1) is 15.9. The number of hydrogen-bond donors (Lipinski definition) is 3. The van der Waals surface area contributed by atoms with Crippen molar-refractivity contribution in [1.29, 1.82) is 0 Å². The number of halogens is 1. The number of H-pyrrole nitrogens is 1. The van der Waals surface area contributed by atoms with Gasteiger partial charge in [-0.3, -0.25) is 20.4 Å². The lowest BCUT2D eigenvalue weighted by Crippen LogP contribution is -2.43. The Kier molecular flexibility index (Phi) is 4.67. The summed E-state index contributed by atoms with van der Waals surface area (Å²) in [5.74, 6) is -0.515. The van der Waals surface area contributed by atoms with Crippen LogP contribution < -0.4 is 15.6 Å². The molecule has 0 saturated carbocycles. The molecule has 2 aromatic carbocycles. The van der Waals surface area contributed by atoms with Crippen LogP contribution in [0, 0.1) is 0 Å². The van der Waals surface area contributed by atoms with Crippen molar-refractivity contribution in [3.8, 4) is 5.75 Å². The summed E-state index contributed by atoms with van der Waals surface area (Å²) in [4.78, 5) is 26.9. The Hall–Kier alpha value is -2.99. The Labute approximate surface area is 142 Å². The van der Waals surface area contributed by atoms with Gasteiger partial charge in [-0.2, -0.15) is 0 Å². The van der Waals surface area contributed by atoms with Crippen LogP contribution in [-0.2, 0) is 4.79 Å². The molecule has 1 heterocycles. The van der Waals surface area contributed by atoms with Gasteiger partial charge in [0.1, 0.15) is 5.75 Å². The number of fused-ring (bicyclic) bond motifs is 1. The van der Waals surface area contributed by atoms with Crippen LogP contribution in [0.1, 0.15) is 10.4 Å². The number of amides is 2. The highest BCUT2D eigenvalue weighted by atomic mass is 35.5. The van der Waals surface area contributed by atoms with Crippen LogP contribution in [0.5, 0.6) is 5.75 Å². The van der Waals surface area contributed by atoms with E-state index in [4.69, 9.17) is 16.3 Å². The van der Waals surface area contributed by atoms with Crippen molar-refractivity contribution in [3.63, 3.8) is 0 Å². The van der Waals surface area contributed by atoms with E-state index < -0.39 is 11.8 Å². The molecule has 7 heteroatoms. The minimum atomic E-state index is -0.497. The van der Waals surface area contributed by atoms with Gasteiger partial charge in [0.25, 0.3) is 11.8 Å². The van der Waals surface area contributed by atoms with E-state index >= 15 is 0 Å². The number of para-hydroxylation sites is 2. The van der Waals surface area contributed by atoms with E-state index in [9.17, 15) is 9.59 Å². The monoisotopic (exact) mass is 343 g/mol. The Morgan fingerprint density at radius 3 is 2.62 bits per heavy atom. The van der Waals surface area contributed by atoms with Crippen molar-refractivity contribution in [2.45, 2.75) is 0 Å². The van der Waals surface area contributed by atoms with Crippen LogP contribution in [0.4, 0.5) is 0 Å². The number of aromatic amines is 1. The molecule has 0 unspecified atom stereocenters. The Balaban J connectivity index is 1.54. The van der Waals surface area contributed by atoms with Gasteiger partial charge in [0.05, 0.1) is 10.6 Å². The molecule has 0 radical (unpaired) electrons. The predicted molar refractivity (Wildman–Crippen MR) is 90.9 cm³/mol. The lowest BCUT2D eigenvalue weighted by molar-refractivity contribution is -0.123. The summed E-state index contributed by atoms with van der Waals surface area (Å²) in [6, 6.07) is 14.2. The topological polar surface area (TPSA) is 83.2 Å². The van der Waals surface area contributed by atoms with Crippen LogP contribution in [0.15, 0.2) is 54.7 Å². The second-order valence-electron chi connectivity index (χ2n) is 4.97. The minimum absolute atomic E-state index is 0.266. The zero-order valence-electron chi connectivity index (χ0n) is 12.5. The van der Waals surface area contributed by atoms with E-state index in [1.165, 1.54) is 0 Å². The largest absolute Gasteiger partial charge is 0.482 e. The molecule has 0 aliphatic heterocycles. The number of rotatable bonds is 4. The summed E-state index contributed by atoms with van der Waals surface area (Å²) in [6.07, 6.45) is 1.59.